The molecular weight excluding hydrogens is 242 g/mol. The van der Waals surface area contributed by atoms with E-state index in [0.29, 0.717) is 11.2 Å². The lowest BCUT2D eigenvalue weighted by Crippen LogP contribution is -2.38. The zero-order chi connectivity index (χ0) is 13.4. The minimum absolute atomic E-state index is 0.0173. The number of hydrogen-bond acceptors (Lipinski definition) is 4. The molecule has 0 aliphatic carbocycles. The second-order valence-corrected chi connectivity index (χ2v) is 5.01. The summed E-state index contributed by atoms with van der Waals surface area (Å²) < 4.78 is 0. The summed E-state index contributed by atoms with van der Waals surface area (Å²) in [6, 6.07) is 2.14. The van der Waals surface area contributed by atoms with Crippen LogP contribution in [0.25, 0.3) is 11.0 Å². The number of nitrogens with zero attached hydrogens (tertiary/aromatic N) is 3. The number of pyridine rings is 1. The number of fused-ring (bicyclic) bond motifs is 1. The molecule has 0 saturated carbocycles. The molecule has 2 aromatic rings. The van der Waals surface area contributed by atoms with E-state index in [-0.39, 0.29) is 11.9 Å². The number of amides is 1. The van der Waals surface area contributed by atoms with E-state index in [0.717, 1.165) is 30.6 Å². The van der Waals surface area contributed by atoms with Gasteiger partial charge < -0.3 is 10.2 Å². The van der Waals surface area contributed by atoms with Gasteiger partial charge >= 0.3 is 0 Å². The number of H-pyrrole nitrogens is 1. The Balaban J connectivity index is 1.90. The summed E-state index contributed by atoms with van der Waals surface area (Å²) >= 11 is 0. The van der Waals surface area contributed by atoms with Crippen LogP contribution < -0.4 is 5.32 Å². The van der Waals surface area contributed by atoms with Crippen LogP contribution in [-0.2, 0) is 0 Å². The van der Waals surface area contributed by atoms with Crippen LogP contribution in [0.5, 0.6) is 0 Å². The van der Waals surface area contributed by atoms with Crippen LogP contribution in [0.15, 0.2) is 12.3 Å². The van der Waals surface area contributed by atoms with Crippen LogP contribution in [-0.4, -0.2) is 52.2 Å². The maximum Gasteiger partial charge on any atom is 0.255 e. The van der Waals surface area contributed by atoms with Gasteiger partial charge in [-0.05, 0) is 26.0 Å². The van der Waals surface area contributed by atoms with E-state index in [9.17, 15) is 4.79 Å². The molecule has 0 aromatic carbocycles. The molecule has 2 N–H and O–H groups in total. The van der Waals surface area contributed by atoms with Gasteiger partial charge in [-0.1, -0.05) is 0 Å². The van der Waals surface area contributed by atoms with Crippen LogP contribution in [0.2, 0.25) is 0 Å². The molecule has 3 rings (SSSR count). The average Bonchev–Trinajstić information content (AvgIpc) is 3.07. The van der Waals surface area contributed by atoms with Gasteiger partial charge in [0, 0.05) is 36.9 Å². The molecule has 0 radical (unpaired) electrons. The van der Waals surface area contributed by atoms with Gasteiger partial charge in [-0.15, -0.1) is 0 Å². The van der Waals surface area contributed by atoms with E-state index in [4.69, 9.17) is 0 Å². The molecular formula is C13H17N5O. The summed E-state index contributed by atoms with van der Waals surface area (Å²) in [6.45, 7) is 3.76. The Hall–Kier alpha value is -1.95. The summed E-state index contributed by atoms with van der Waals surface area (Å²) in [6.07, 6.45) is 2.60. The Morgan fingerprint density at radius 3 is 3.11 bits per heavy atom. The molecule has 0 spiro atoms. The standard InChI is InChI=1S/C13H17N5O/c1-8-11-5-9(6-15-12(11)17-16-8)13(19)18(2)10-3-4-14-7-10/h5-6,10,14H,3-4,7H2,1-2H3,(H,15,16,17). The molecule has 2 aromatic heterocycles. The predicted molar refractivity (Wildman–Crippen MR) is 72.0 cm³/mol. The van der Waals surface area contributed by atoms with E-state index in [2.05, 4.69) is 20.5 Å². The highest BCUT2D eigenvalue weighted by Gasteiger charge is 2.24. The molecule has 1 saturated heterocycles. The summed E-state index contributed by atoms with van der Waals surface area (Å²) in [5.41, 5.74) is 2.20. The Labute approximate surface area is 111 Å². The minimum Gasteiger partial charge on any atom is -0.337 e. The van der Waals surface area contributed by atoms with Gasteiger partial charge in [-0.2, -0.15) is 5.10 Å². The largest absolute Gasteiger partial charge is 0.337 e. The Morgan fingerprint density at radius 1 is 1.53 bits per heavy atom. The van der Waals surface area contributed by atoms with Crippen LogP contribution in [0.4, 0.5) is 0 Å². The zero-order valence-corrected chi connectivity index (χ0v) is 11.1. The highest BCUT2D eigenvalue weighted by molar-refractivity contribution is 5.97. The lowest BCUT2D eigenvalue weighted by molar-refractivity contribution is 0.0743. The van der Waals surface area contributed by atoms with Crippen molar-refractivity contribution in [1.82, 2.24) is 25.4 Å². The van der Waals surface area contributed by atoms with Crippen molar-refractivity contribution in [3.8, 4) is 0 Å². The van der Waals surface area contributed by atoms with Crippen LogP contribution >= 0.6 is 0 Å². The average molecular weight is 259 g/mol. The van der Waals surface area contributed by atoms with Gasteiger partial charge in [-0.3, -0.25) is 9.89 Å². The molecule has 1 fully saturated rings. The van der Waals surface area contributed by atoms with E-state index in [1.165, 1.54) is 0 Å². The van der Waals surface area contributed by atoms with Gasteiger partial charge in [0.15, 0.2) is 5.65 Å². The number of aryl methyl sites for hydroxylation is 1. The quantitative estimate of drug-likeness (QED) is 0.832. The van der Waals surface area contributed by atoms with Gasteiger partial charge in [0.05, 0.1) is 5.56 Å². The molecule has 3 heterocycles. The van der Waals surface area contributed by atoms with Crippen molar-refractivity contribution in [3.63, 3.8) is 0 Å². The monoisotopic (exact) mass is 259 g/mol. The smallest absolute Gasteiger partial charge is 0.255 e. The number of carbonyl (C=O) groups excluding carboxylic acids is 1. The fraction of sp³-hybridized carbons (Fsp3) is 0.462. The third kappa shape index (κ3) is 2.08. The number of likely N-dealkylation sites (N-methyl/N-ethyl adjacent to an activating group) is 1. The lowest BCUT2D eigenvalue weighted by atomic mass is 10.1. The maximum absolute atomic E-state index is 12.4. The topological polar surface area (TPSA) is 73.9 Å². The van der Waals surface area contributed by atoms with Crippen molar-refractivity contribution in [2.45, 2.75) is 19.4 Å². The second kappa shape index (κ2) is 4.62. The maximum atomic E-state index is 12.4. The summed E-state index contributed by atoms with van der Waals surface area (Å²) in [5, 5.41) is 11.1. The molecule has 1 atom stereocenters. The van der Waals surface area contributed by atoms with Crippen molar-refractivity contribution in [2.75, 3.05) is 20.1 Å². The summed E-state index contributed by atoms with van der Waals surface area (Å²) in [7, 11) is 1.85. The molecule has 6 heteroatoms. The fourth-order valence-corrected chi connectivity index (χ4v) is 2.48. The predicted octanol–water partition coefficient (Wildman–Crippen LogP) is 0.700. The molecule has 1 unspecified atom stereocenters. The number of aromatic nitrogens is 3. The fourth-order valence-electron chi connectivity index (χ4n) is 2.48. The van der Waals surface area contributed by atoms with Gasteiger partial charge in [0.1, 0.15) is 0 Å². The minimum atomic E-state index is 0.0173. The first-order valence-electron chi connectivity index (χ1n) is 6.45. The summed E-state index contributed by atoms with van der Waals surface area (Å²) in [5.74, 6) is 0.0173. The lowest BCUT2D eigenvalue weighted by Gasteiger charge is -2.23. The zero-order valence-electron chi connectivity index (χ0n) is 11.1. The Morgan fingerprint density at radius 2 is 2.37 bits per heavy atom. The second-order valence-electron chi connectivity index (χ2n) is 5.01. The molecule has 1 aliphatic rings. The van der Waals surface area contributed by atoms with Crippen molar-refractivity contribution in [1.29, 1.82) is 0 Å². The molecule has 6 nitrogen and oxygen atoms in total. The van der Waals surface area contributed by atoms with Gasteiger partial charge in [0.2, 0.25) is 0 Å². The van der Waals surface area contributed by atoms with Crippen molar-refractivity contribution in [2.24, 2.45) is 0 Å². The van der Waals surface area contributed by atoms with Crippen molar-refractivity contribution in [3.05, 3.63) is 23.5 Å². The van der Waals surface area contributed by atoms with E-state index < -0.39 is 0 Å². The number of rotatable bonds is 2. The molecule has 19 heavy (non-hydrogen) atoms. The van der Waals surface area contributed by atoms with E-state index >= 15 is 0 Å². The number of hydrogen-bond donors (Lipinski definition) is 2. The Bertz CT molecular complexity index is 615. The van der Waals surface area contributed by atoms with Gasteiger partial charge in [0.25, 0.3) is 5.91 Å². The highest BCUT2D eigenvalue weighted by Crippen LogP contribution is 2.17. The number of carbonyl (C=O) groups is 1. The third-order valence-electron chi connectivity index (χ3n) is 3.75. The van der Waals surface area contributed by atoms with Crippen molar-refractivity contribution < 1.29 is 4.79 Å². The van der Waals surface area contributed by atoms with Crippen LogP contribution in [0.1, 0.15) is 22.5 Å². The normalized spacial score (nSPS) is 18.9. The SMILES string of the molecule is Cc1[nH]nc2ncc(C(=O)N(C)C3CCNC3)cc12. The van der Waals surface area contributed by atoms with E-state index in [1.807, 2.05) is 20.0 Å². The van der Waals surface area contributed by atoms with Gasteiger partial charge in [-0.25, -0.2) is 4.98 Å². The number of aromatic amines is 1. The Kier molecular flexibility index (Phi) is 2.94. The highest BCUT2D eigenvalue weighted by atomic mass is 16.2. The molecule has 1 amide bonds. The molecule has 1 aliphatic heterocycles. The third-order valence-corrected chi connectivity index (χ3v) is 3.75. The van der Waals surface area contributed by atoms with E-state index in [1.54, 1.807) is 11.1 Å². The first kappa shape index (κ1) is 12.1. The number of nitrogens with one attached hydrogen (secondary N) is 2. The first-order valence-corrected chi connectivity index (χ1v) is 6.45. The molecule has 0 bridgehead atoms. The van der Waals surface area contributed by atoms with Crippen molar-refractivity contribution >= 4 is 16.9 Å². The first-order chi connectivity index (χ1) is 9.16. The van der Waals surface area contributed by atoms with Crippen LogP contribution in [0.3, 0.4) is 0 Å². The van der Waals surface area contributed by atoms with Crippen LogP contribution in [0, 0.1) is 6.92 Å². The molecule has 100 valence electrons. The summed E-state index contributed by atoms with van der Waals surface area (Å²) in [4.78, 5) is 18.5.